The van der Waals surface area contributed by atoms with Crippen LogP contribution in [0, 0.1) is 25.2 Å². The number of nitrogens with zero attached hydrogens (tertiary/aromatic N) is 3. The van der Waals surface area contributed by atoms with Gasteiger partial charge in [0.1, 0.15) is 27.9 Å². The van der Waals surface area contributed by atoms with E-state index in [4.69, 9.17) is 4.74 Å². The fourth-order valence-corrected chi connectivity index (χ4v) is 4.72. The van der Waals surface area contributed by atoms with E-state index in [0.717, 1.165) is 17.2 Å². The Balaban J connectivity index is 1.98. The van der Waals surface area contributed by atoms with Crippen molar-refractivity contribution in [1.82, 2.24) is 9.38 Å². The molecule has 2 heterocycles. The van der Waals surface area contributed by atoms with Crippen LogP contribution in [0.25, 0.3) is 11.7 Å². The van der Waals surface area contributed by atoms with Crippen LogP contribution >= 0.6 is 15.9 Å². The summed E-state index contributed by atoms with van der Waals surface area (Å²) >= 11 is 3.26. The Bertz CT molecular complexity index is 1650. The van der Waals surface area contributed by atoms with Crippen LogP contribution < -0.4 is 10.3 Å². The van der Waals surface area contributed by atoms with Crippen LogP contribution in [-0.4, -0.2) is 17.8 Å². The van der Waals surface area contributed by atoms with Crippen LogP contribution in [0.5, 0.6) is 11.6 Å². The van der Waals surface area contributed by atoms with E-state index in [1.807, 2.05) is 19.1 Å². The molecular formula is C25H18BrN3O4S. The summed E-state index contributed by atoms with van der Waals surface area (Å²) < 4.78 is 34.3. The number of rotatable bonds is 5. The molecule has 0 saturated carbocycles. The molecule has 170 valence electrons. The Kier molecular flexibility index (Phi) is 6.37. The molecule has 7 nitrogen and oxygen atoms in total. The van der Waals surface area contributed by atoms with Crippen molar-refractivity contribution in [2.45, 2.75) is 18.7 Å². The van der Waals surface area contributed by atoms with Gasteiger partial charge in [-0.1, -0.05) is 40.2 Å². The van der Waals surface area contributed by atoms with Crippen molar-refractivity contribution in [3.8, 4) is 17.7 Å². The number of aromatic nitrogens is 2. The Labute approximate surface area is 204 Å². The molecule has 0 saturated heterocycles. The Morgan fingerprint density at radius 3 is 2.41 bits per heavy atom. The molecule has 0 aliphatic carbocycles. The summed E-state index contributed by atoms with van der Waals surface area (Å²) in [4.78, 5) is 17.3. The standard InChI is InChI=1S/C25H18BrN3O4S/c1-16-6-3-4-8-22(16)33-24-21(25(30)29-13-5-7-17(2)23(29)28-24)14-20(15-27)34(31,32)19-11-9-18(26)10-12-19/h3-14H,1-2H3/b20-14+. The topological polar surface area (TPSA) is 102 Å². The number of nitriles is 1. The van der Waals surface area contributed by atoms with E-state index in [-0.39, 0.29) is 16.3 Å². The van der Waals surface area contributed by atoms with Gasteiger partial charge in [0.2, 0.25) is 15.7 Å². The van der Waals surface area contributed by atoms with Gasteiger partial charge in [0.05, 0.1) is 4.90 Å². The van der Waals surface area contributed by atoms with Crippen molar-refractivity contribution in [3.63, 3.8) is 0 Å². The molecule has 0 unspecified atom stereocenters. The minimum Gasteiger partial charge on any atom is -0.438 e. The van der Waals surface area contributed by atoms with E-state index >= 15 is 0 Å². The zero-order valence-electron chi connectivity index (χ0n) is 18.2. The van der Waals surface area contributed by atoms with Gasteiger partial charge in [-0.3, -0.25) is 9.20 Å². The average Bonchev–Trinajstić information content (AvgIpc) is 2.81. The first-order valence-corrected chi connectivity index (χ1v) is 12.4. The number of hydrogen-bond donors (Lipinski definition) is 0. The molecule has 2 aromatic carbocycles. The van der Waals surface area contributed by atoms with Crippen LogP contribution in [0.4, 0.5) is 0 Å². The number of ether oxygens (including phenoxy) is 1. The zero-order valence-corrected chi connectivity index (χ0v) is 20.6. The first-order valence-electron chi connectivity index (χ1n) is 10.1. The Hall–Kier alpha value is -3.74. The first-order chi connectivity index (χ1) is 16.2. The molecule has 34 heavy (non-hydrogen) atoms. The quantitative estimate of drug-likeness (QED) is 0.325. The molecule has 0 spiro atoms. The highest BCUT2D eigenvalue weighted by Crippen LogP contribution is 2.29. The summed E-state index contributed by atoms with van der Waals surface area (Å²) in [5.41, 5.74) is 1.18. The number of hydrogen-bond acceptors (Lipinski definition) is 6. The number of fused-ring (bicyclic) bond motifs is 1. The lowest BCUT2D eigenvalue weighted by Gasteiger charge is -2.13. The predicted octanol–water partition coefficient (Wildman–Crippen LogP) is 5.20. The van der Waals surface area contributed by atoms with Crippen molar-refractivity contribution in [2.75, 3.05) is 0 Å². The van der Waals surface area contributed by atoms with Crippen molar-refractivity contribution >= 4 is 37.5 Å². The molecule has 0 aliphatic heterocycles. The van der Waals surface area contributed by atoms with Crippen LogP contribution in [0.3, 0.4) is 0 Å². The molecule has 0 atom stereocenters. The molecule has 0 aliphatic rings. The molecule has 0 fully saturated rings. The SMILES string of the molecule is Cc1ccccc1Oc1nc2c(C)cccn2c(=O)c1/C=C(\C#N)S(=O)(=O)c1ccc(Br)cc1. The number of pyridine rings is 1. The molecule has 0 N–H and O–H groups in total. The number of sulfone groups is 1. The second kappa shape index (κ2) is 9.25. The van der Waals surface area contributed by atoms with Gasteiger partial charge >= 0.3 is 0 Å². The third-order valence-corrected chi connectivity index (χ3v) is 7.36. The first kappa shape index (κ1) is 23.4. The summed E-state index contributed by atoms with van der Waals surface area (Å²) in [7, 11) is -4.19. The van der Waals surface area contributed by atoms with Crippen molar-refractivity contribution in [3.05, 3.63) is 103 Å². The van der Waals surface area contributed by atoms with Crippen LogP contribution in [0.15, 0.2) is 85.9 Å². The monoisotopic (exact) mass is 535 g/mol. The summed E-state index contributed by atoms with van der Waals surface area (Å²) in [6.07, 6.45) is 2.55. The van der Waals surface area contributed by atoms with E-state index in [2.05, 4.69) is 20.9 Å². The van der Waals surface area contributed by atoms with Crippen LogP contribution in [-0.2, 0) is 9.84 Å². The molecule has 0 bridgehead atoms. The number of allylic oxidation sites excluding steroid dienone is 1. The predicted molar refractivity (Wildman–Crippen MR) is 132 cm³/mol. The highest BCUT2D eigenvalue weighted by Gasteiger charge is 2.24. The van der Waals surface area contributed by atoms with E-state index in [0.29, 0.717) is 15.9 Å². The van der Waals surface area contributed by atoms with E-state index in [1.54, 1.807) is 49.4 Å². The van der Waals surface area contributed by atoms with Crippen molar-refractivity contribution < 1.29 is 13.2 Å². The van der Waals surface area contributed by atoms with E-state index < -0.39 is 20.3 Å². The summed E-state index contributed by atoms with van der Waals surface area (Å²) in [6.45, 7) is 3.64. The lowest BCUT2D eigenvalue weighted by Crippen LogP contribution is -2.20. The molecule has 4 rings (SSSR count). The van der Waals surface area contributed by atoms with Gasteiger partial charge in [0.25, 0.3) is 5.56 Å². The lowest BCUT2D eigenvalue weighted by molar-refractivity contribution is 0.457. The maximum atomic E-state index is 13.4. The second-order valence-electron chi connectivity index (χ2n) is 7.47. The normalized spacial score (nSPS) is 11.9. The largest absolute Gasteiger partial charge is 0.438 e. The van der Waals surface area contributed by atoms with Gasteiger partial charge in [-0.15, -0.1) is 0 Å². The van der Waals surface area contributed by atoms with Gasteiger partial charge in [-0.05, 0) is 67.4 Å². The third kappa shape index (κ3) is 4.38. The number of para-hydroxylation sites is 1. The molecule has 0 amide bonds. The molecule has 9 heteroatoms. The van der Waals surface area contributed by atoms with Crippen LogP contribution in [0.1, 0.15) is 16.7 Å². The third-order valence-electron chi connectivity index (χ3n) is 5.15. The minimum absolute atomic E-state index is 0.0745. The maximum absolute atomic E-state index is 13.4. The minimum atomic E-state index is -4.19. The summed E-state index contributed by atoms with van der Waals surface area (Å²) in [5.74, 6) is 0.364. The molecular weight excluding hydrogens is 518 g/mol. The van der Waals surface area contributed by atoms with Gasteiger partial charge in [0, 0.05) is 10.7 Å². The van der Waals surface area contributed by atoms with Gasteiger partial charge in [0.15, 0.2) is 0 Å². The lowest BCUT2D eigenvalue weighted by atomic mass is 10.2. The highest BCUT2D eigenvalue weighted by molar-refractivity contribution is 9.10. The number of halogens is 1. The second-order valence-corrected chi connectivity index (χ2v) is 10.3. The van der Waals surface area contributed by atoms with Gasteiger partial charge in [-0.25, -0.2) is 8.42 Å². The molecule has 4 aromatic rings. The maximum Gasteiger partial charge on any atom is 0.269 e. The fraction of sp³-hybridized carbons (Fsp3) is 0.0800. The molecule has 0 radical (unpaired) electrons. The Morgan fingerprint density at radius 1 is 1.06 bits per heavy atom. The highest BCUT2D eigenvalue weighted by atomic mass is 79.9. The summed E-state index contributed by atoms with van der Waals surface area (Å²) in [5, 5.41) is 9.74. The number of benzene rings is 2. The molecule has 2 aromatic heterocycles. The van der Waals surface area contributed by atoms with Gasteiger partial charge < -0.3 is 4.74 Å². The summed E-state index contributed by atoms with van der Waals surface area (Å²) in [6, 6.07) is 18.3. The van der Waals surface area contributed by atoms with Crippen molar-refractivity contribution in [1.29, 1.82) is 5.26 Å². The van der Waals surface area contributed by atoms with Crippen LogP contribution in [0.2, 0.25) is 0 Å². The van der Waals surface area contributed by atoms with E-state index in [1.165, 1.54) is 22.7 Å². The number of aryl methyl sites for hydroxylation is 2. The van der Waals surface area contributed by atoms with E-state index in [9.17, 15) is 18.5 Å². The van der Waals surface area contributed by atoms with Crippen molar-refractivity contribution in [2.24, 2.45) is 0 Å². The zero-order chi connectivity index (χ0) is 24.5. The Morgan fingerprint density at radius 2 is 1.74 bits per heavy atom. The smallest absolute Gasteiger partial charge is 0.269 e. The average molecular weight is 536 g/mol. The fourth-order valence-electron chi connectivity index (χ4n) is 3.31. The van der Waals surface area contributed by atoms with Gasteiger partial charge in [-0.2, -0.15) is 10.2 Å².